The third kappa shape index (κ3) is 4.42. The summed E-state index contributed by atoms with van der Waals surface area (Å²) in [6.07, 6.45) is 0. The van der Waals surface area contributed by atoms with E-state index in [1.807, 2.05) is 0 Å². The van der Waals surface area contributed by atoms with Crippen LogP contribution >= 0.6 is 67.3 Å². The molecule has 0 saturated heterocycles. The first-order valence-electron chi connectivity index (χ1n) is 10.4. The van der Waals surface area contributed by atoms with Crippen LogP contribution in [0.15, 0.2) is 105 Å². The number of hydrogen-bond acceptors (Lipinski definition) is 8. The van der Waals surface area contributed by atoms with E-state index in [2.05, 4.69) is 95.7 Å². The van der Waals surface area contributed by atoms with Crippen molar-refractivity contribution in [2.75, 3.05) is 0 Å². The fourth-order valence-electron chi connectivity index (χ4n) is 3.49. The van der Waals surface area contributed by atoms with Crippen LogP contribution in [0.2, 0.25) is 0 Å². The SMILES string of the molecule is c1ccc(-c2snc(-c3cccs3)c2SSc2c(-c3cccs3)nsc2-c2ccccc2)cc1. The second-order valence-electron chi connectivity index (χ2n) is 7.23. The number of benzene rings is 2. The highest BCUT2D eigenvalue weighted by atomic mass is 33.1. The molecule has 0 atom stereocenters. The van der Waals surface area contributed by atoms with Crippen molar-refractivity contribution in [3.05, 3.63) is 95.7 Å². The molecule has 0 fully saturated rings. The van der Waals surface area contributed by atoms with E-state index in [-0.39, 0.29) is 0 Å². The van der Waals surface area contributed by atoms with Gasteiger partial charge in [-0.25, -0.2) is 0 Å². The Morgan fingerprint density at radius 2 is 0.941 bits per heavy atom. The van der Waals surface area contributed by atoms with E-state index in [1.165, 1.54) is 40.4 Å². The summed E-state index contributed by atoms with van der Waals surface area (Å²) < 4.78 is 9.79. The molecular weight excluding hydrogens is 533 g/mol. The first kappa shape index (κ1) is 22.3. The smallest absolute Gasteiger partial charge is 0.109 e. The van der Waals surface area contributed by atoms with Crippen molar-refractivity contribution in [1.29, 1.82) is 0 Å². The maximum absolute atomic E-state index is 4.89. The largest absolute Gasteiger partial charge is 0.190 e. The topological polar surface area (TPSA) is 25.8 Å². The van der Waals surface area contributed by atoms with E-state index in [9.17, 15) is 0 Å². The van der Waals surface area contributed by atoms with Gasteiger partial charge in [-0.3, -0.25) is 0 Å². The van der Waals surface area contributed by atoms with Crippen molar-refractivity contribution >= 4 is 67.3 Å². The molecule has 0 aliphatic carbocycles. The standard InChI is InChI=1S/C26H16N2S6/c1-3-9-17(10-4-1)23-25(21(27-31-23)19-13-7-15-29-19)33-34-26-22(20-14-8-16-30-20)28-32-24(26)18-11-5-2-6-12-18/h1-16H. The molecule has 0 amide bonds. The molecule has 0 bridgehead atoms. The quantitative estimate of drug-likeness (QED) is 0.185. The van der Waals surface area contributed by atoms with Gasteiger partial charge >= 0.3 is 0 Å². The van der Waals surface area contributed by atoms with Gasteiger partial charge in [0, 0.05) is 0 Å². The van der Waals surface area contributed by atoms with E-state index >= 15 is 0 Å². The van der Waals surface area contributed by atoms with Crippen molar-refractivity contribution < 1.29 is 0 Å². The Morgan fingerprint density at radius 1 is 0.500 bits per heavy atom. The van der Waals surface area contributed by atoms with E-state index in [0.29, 0.717) is 0 Å². The third-order valence-electron chi connectivity index (χ3n) is 5.09. The second kappa shape index (κ2) is 10.2. The molecule has 2 nitrogen and oxygen atoms in total. The molecule has 0 saturated carbocycles. The molecule has 166 valence electrons. The van der Waals surface area contributed by atoms with Crippen LogP contribution in [0, 0.1) is 0 Å². The highest BCUT2D eigenvalue weighted by Crippen LogP contribution is 2.54. The molecule has 0 unspecified atom stereocenters. The highest BCUT2D eigenvalue weighted by Gasteiger charge is 2.23. The molecule has 2 aromatic carbocycles. The van der Waals surface area contributed by atoms with Crippen molar-refractivity contribution in [3.8, 4) is 42.0 Å². The molecule has 6 rings (SSSR count). The minimum atomic E-state index is 1.07. The lowest BCUT2D eigenvalue weighted by molar-refractivity contribution is 1.44. The van der Waals surface area contributed by atoms with Gasteiger partial charge in [0.25, 0.3) is 0 Å². The average molecular weight is 549 g/mol. The zero-order chi connectivity index (χ0) is 22.7. The Bertz CT molecular complexity index is 1370. The Hall–Kier alpha value is -2.20. The normalized spacial score (nSPS) is 11.2. The lowest BCUT2D eigenvalue weighted by Crippen LogP contribution is -1.80. The van der Waals surface area contributed by atoms with Gasteiger partial charge in [-0.2, -0.15) is 8.75 Å². The van der Waals surface area contributed by atoms with Crippen LogP contribution in [0.3, 0.4) is 0 Å². The van der Waals surface area contributed by atoms with Crippen molar-refractivity contribution in [3.63, 3.8) is 0 Å². The van der Waals surface area contributed by atoms with Gasteiger partial charge in [0.1, 0.15) is 11.4 Å². The monoisotopic (exact) mass is 548 g/mol. The van der Waals surface area contributed by atoms with Crippen LogP contribution in [0.1, 0.15) is 0 Å². The summed E-state index contributed by atoms with van der Waals surface area (Å²) in [7, 11) is 3.59. The van der Waals surface area contributed by atoms with Crippen molar-refractivity contribution in [1.82, 2.24) is 8.75 Å². The zero-order valence-electron chi connectivity index (χ0n) is 17.6. The highest BCUT2D eigenvalue weighted by molar-refractivity contribution is 8.76. The fourth-order valence-corrected chi connectivity index (χ4v) is 10.2. The molecule has 4 heterocycles. The molecule has 4 aromatic heterocycles. The molecule has 0 aliphatic rings. The summed E-state index contributed by atoms with van der Waals surface area (Å²) in [5.74, 6) is 0. The predicted octanol–water partition coefficient (Wildman–Crippen LogP) is 10.2. The molecular formula is C26H16N2S6. The van der Waals surface area contributed by atoms with E-state index < -0.39 is 0 Å². The Labute approximate surface area is 222 Å². The number of rotatable bonds is 7. The van der Waals surface area contributed by atoms with E-state index in [0.717, 1.165) is 11.4 Å². The average Bonchev–Trinajstić information content (AvgIpc) is 3.69. The van der Waals surface area contributed by atoms with Gasteiger partial charge < -0.3 is 0 Å². The number of aromatic nitrogens is 2. The van der Waals surface area contributed by atoms with Crippen LogP contribution in [-0.4, -0.2) is 8.75 Å². The minimum Gasteiger partial charge on any atom is -0.190 e. The van der Waals surface area contributed by atoms with Gasteiger partial charge in [-0.05, 0) is 78.7 Å². The first-order valence-corrected chi connectivity index (χ1v) is 15.9. The van der Waals surface area contributed by atoms with Crippen LogP contribution in [0.25, 0.3) is 42.0 Å². The molecule has 34 heavy (non-hydrogen) atoms. The summed E-state index contributed by atoms with van der Waals surface area (Å²) in [5, 5.41) is 4.23. The lowest BCUT2D eigenvalue weighted by Gasteiger charge is -2.08. The van der Waals surface area contributed by atoms with Crippen LogP contribution < -0.4 is 0 Å². The van der Waals surface area contributed by atoms with E-state index in [1.54, 1.807) is 67.3 Å². The van der Waals surface area contributed by atoms with Gasteiger partial charge in [-0.1, -0.05) is 72.8 Å². The molecule has 0 spiro atoms. The van der Waals surface area contributed by atoms with Crippen LogP contribution in [0.5, 0.6) is 0 Å². The lowest BCUT2D eigenvalue weighted by atomic mass is 10.2. The van der Waals surface area contributed by atoms with E-state index in [4.69, 9.17) is 8.75 Å². The zero-order valence-corrected chi connectivity index (χ0v) is 22.5. The molecule has 0 aliphatic heterocycles. The van der Waals surface area contributed by atoms with Gasteiger partial charge in [0.15, 0.2) is 0 Å². The summed E-state index contributed by atoms with van der Waals surface area (Å²) in [6.45, 7) is 0. The Balaban J connectivity index is 1.43. The van der Waals surface area contributed by atoms with Crippen LogP contribution in [-0.2, 0) is 0 Å². The van der Waals surface area contributed by atoms with Crippen molar-refractivity contribution in [2.45, 2.75) is 9.79 Å². The molecule has 8 heteroatoms. The summed E-state index contributed by atoms with van der Waals surface area (Å²) in [4.78, 5) is 7.25. The Morgan fingerprint density at radius 3 is 1.32 bits per heavy atom. The third-order valence-corrected chi connectivity index (χ3v) is 11.4. The number of thiophene rings is 2. The summed E-state index contributed by atoms with van der Waals surface area (Å²) in [6, 6.07) is 29.6. The maximum Gasteiger partial charge on any atom is 0.109 e. The van der Waals surface area contributed by atoms with Gasteiger partial charge in [0.05, 0.1) is 29.3 Å². The first-order chi connectivity index (χ1) is 16.9. The predicted molar refractivity (Wildman–Crippen MR) is 153 cm³/mol. The second-order valence-corrected chi connectivity index (χ2v) is 12.8. The molecule has 0 radical (unpaired) electrons. The summed E-state index contributed by atoms with van der Waals surface area (Å²) >= 11 is 6.63. The molecule has 6 aromatic rings. The maximum atomic E-state index is 4.89. The number of nitrogens with zero attached hydrogens (tertiary/aromatic N) is 2. The minimum absolute atomic E-state index is 1.07. The number of hydrogen-bond donors (Lipinski definition) is 0. The van der Waals surface area contributed by atoms with Crippen LogP contribution in [0.4, 0.5) is 0 Å². The van der Waals surface area contributed by atoms with Gasteiger partial charge in [-0.15, -0.1) is 22.7 Å². The van der Waals surface area contributed by atoms with Crippen molar-refractivity contribution in [2.24, 2.45) is 0 Å². The Kier molecular flexibility index (Phi) is 6.68. The summed E-state index contributed by atoms with van der Waals surface area (Å²) in [5.41, 5.74) is 4.55. The fraction of sp³-hybridized carbons (Fsp3) is 0. The molecule has 0 N–H and O–H groups in total. The van der Waals surface area contributed by atoms with Gasteiger partial charge in [0.2, 0.25) is 0 Å².